The molecule has 1 aromatic carbocycles. The minimum atomic E-state index is -0.896. The van der Waals surface area contributed by atoms with Gasteiger partial charge in [-0.15, -0.1) is 0 Å². The van der Waals surface area contributed by atoms with Crippen molar-refractivity contribution in [3.05, 3.63) is 53.6 Å². The Labute approximate surface area is 146 Å². The largest absolute Gasteiger partial charge is 0.465 e. The van der Waals surface area contributed by atoms with Gasteiger partial charge < -0.3 is 10.0 Å². The van der Waals surface area contributed by atoms with Gasteiger partial charge in [0, 0.05) is 60.8 Å². The minimum absolute atomic E-state index is 0.0983. The molecular formula is C19H22FN3O2. The zero-order valence-electron chi connectivity index (χ0n) is 14.4. The van der Waals surface area contributed by atoms with Crippen LogP contribution in [0.5, 0.6) is 0 Å². The molecule has 1 unspecified atom stereocenters. The number of halogens is 1. The van der Waals surface area contributed by atoms with E-state index in [1.807, 2.05) is 32.0 Å². The number of benzene rings is 1. The lowest BCUT2D eigenvalue weighted by Crippen LogP contribution is -2.53. The number of amides is 1. The first kappa shape index (κ1) is 17.4. The number of nitrogens with zero attached hydrogens (tertiary/aromatic N) is 3. The van der Waals surface area contributed by atoms with Crippen LogP contribution in [0, 0.1) is 12.7 Å². The molecule has 1 atom stereocenters. The number of aromatic nitrogens is 1. The molecule has 2 heterocycles. The minimum Gasteiger partial charge on any atom is -0.465 e. The number of aryl methyl sites for hydroxylation is 1. The van der Waals surface area contributed by atoms with Crippen molar-refractivity contribution in [2.45, 2.75) is 26.4 Å². The maximum atomic E-state index is 15.0. The van der Waals surface area contributed by atoms with Gasteiger partial charge >= 0.3 is 6.09 Å². The normalized spacial score (nSPS) is 18.4. The Morgan fingerprint density at radius 2 is 2.12 bits per heavy atom. The molecule has 0 aliphatic carbocycles. The van der Waals surface area contributed by atoms with E-state index in [2.05, 4.69) is 9.88 Å². The van der Waals surface area contributed by atoms with Crippen molar-refractivity contribution in [3.63, 3.8) is 0 Å². The van der Waals surface area contributed by atoms with Gasteiger partial charge in [0.1, 0.15) is 5.82 Å². The smallest absolute Gasteiger partial charge is 0.407 e. The van der Waals surface area contributed by atoms with Gasteiger partial charge in [0.2, 0.25) is 0 Å². The highest BCUT2D eigenvalue weighted by atomic mass is 19.1. The van der Waals surface area contributed by atoms with Crippen LogP contribution in [-0.2, 0) is 6.54 Å². The third-order valence-corrected chi connectivity index (χ3v) is 4.65. The van der Waals surface area contributed by atoms with E-state index in [9.17, 15) is 9.18 Å². The Balaban J connectivity index is 1.77. The van der Waals surface area contributed by atoms with Gasteiger partial charge in [-0.2, -0.15) is 0 Å². The predicted molar refractivity (Wildman–Crippen MR) is 93.8 cm³/mol. The van der Waals surface area contributed by atoms with Crippen molar-refractivity contribution < 1.29 is 14.3 Å². The third-order valence-electron chi connectivity index (χ3n) is 4.65. The Kier molecular flexibility index (Phi) is 4.99. The number of carbonyl (C=O) groups is 1. The lowest BCUT2D eigenvalue weighted by Gasteiger charge is -2.38. The van der Waals surface area contributed by atoms with E-state index in [1.54, 1.807) is 18.3 Å². The number of rotatable bonds is 3. The molecule has 3 rings (SSSR count). The maximum absolute atomic E-state index is 15.0. The van der Waals surface area contributed by atoms with Gasteiger partial charge in [-0.1, -0.05) is 24.3 Å². The zero-order valence-corrected chi connectivity index (χ0v) is 14.4. The molecular weight excluding hydrogens is 321 g/mol. The maximum Gasteiger partial charge on any atom is 0.407 e. The molecule has 1 fully saturated rings. The summed E-state index contributed by atoms with van der Waals surface area (Å²) in [5, 5.41) is 9.15. The second-order valence-corrected chi connectivity index (χ2v) is 6.53. The van der Waals surface area contributed by atoms with Crippen LogP contribution in [0.4, 0.5) is 9.18 Å². The van der Waals surface area contributed by atoms with Gasteiger partial charge in [0.25, 0.3) is 0 Å². The Bertz CT molecular complexity index is 764. The molecule has 132 valence electrons. The van der Waals surface area contributed by atoms with E-state index >= 15 is 0 Å². The van der Waals surface area contributed by atoms with Crippen molar-refractivity contribution in [2.75, 3.05) is 19.6 Å². The average molecular weight is 343 g/mol. The van der Waals surface area contributed by atoms with Crippen LogP contribution in [0.3, 0.4) is 0 Å². The van der Waals surface area contributed by atoms with Crippen LogP contribution >= 0.6 is 0 Å². The van der Waals surface area contributed by atoms with Crippen molar-refractivity contribution >= 4 is 6.09 Å². The molecule has 1 aliphatic rings. The van der Waals surface area contributed by atoms with E-state index in [1.165, 1.54) is 4.90 Å². The monoisotopic (exact) mass is 343 g/mol. The first-order valence-electron chi connectivity index (χ1n) is 8.38. The summed E-state index contributed by atoms with van der Waals surface area (Å²) in [6.45, 7) is 5.89. The molecule has 1 saturated heterocycles. The van der Waals surface area contributed by atoms with Crippen molar-refractivity contribution in [1.82, 2.24) is 14.8 Å². The van der Waals surface area contributed by atoms with Crippen LogP contribution < -0.4 is 0 Å². The molecule has 0 spiro atoms. The average Bonchev–Trinajstić information content (AvgIpc) is 2.57. The Hall–Kier alpha value is -2.47. The van der Waals surface area contributed by atoms with Crippen LogP contribution in [0.2, 0.25) is 0 Å². The van der Waals surface area contributed by atoms with Gasteiger partial charge in [-0.05, 0) is 19.9 Å². The van der Waals surface area contributed by atoms with E-state index in [0.29, 0.717) is 37.3 Å². The summed E-state index contributed by atoms with van der Waals surface area (Å²) in [5.74, 6) is -0.235. The highest BCUT2D eigenvalue weighted by Crippen LogP contribution is 2.26. The van der Waals surface area contributed by atoms with E-state index in [4.69, 9.17) is 5.11 Å². The van der Waals surface area contributed by atoms with Crippen LogP contribution in [0.15, 0.2) is 36.5 Å². The van der Waals surface area contributed by atoms with Crippen molar-refractivity contribution in [1.29, 1.82) is 0 Å². The number of piperazine rings is 1. The predicted octanol–water partition coefficient (Wildman–Crippen LogP) is 3.38. The summed E-state index contributed by atoms with van der Waals surface area (Å²) in [4.78, 5) is 18.9. The van der Waals surface area contributed by atoms with Crippen LogP contribution in [0.1, 0.15) is 18.2 Å². The molecule has 6 heteroatoms. The Morgan fingerprint density at radius 3 is 2.76 bits per heavy atom. The van der Waals surface area contributed by atoms with Gasteiger partial charge in [-0.3, -0.25) is 9.88 Å². The fraction of sp³-hybridized carbons (Fsp3) is 0.368. The fourth-order valence-electron chi connectivity index (χ4n) is 3.25. The number of hydrogen-bond acceptors (Lipinski definition) is 3. The molecule has 5 nitrogen and oxygen atoms in total. The highest BCUT2D eigenvalue weighted by molar-refractivity contribution is 5.65. The fourth-order valence-corrected chi connectivity index (χ4v) is 3.25. The molecule has 0 bridgehead atoms. The van der Waals surface area contributed by atoms with E-state index in [-0.39, 0.29) is 11.9 Å². The number of carboxylic acid groups (broad SMARTS) is 1. The summed E-state index contributed by atoms with van der Waals surface area (Å²) in [7, 11) is 0. The van der Waals surface area contributed by atoms with Crippen molar-refractivity contribution in [2.24, 2.45) is 0 Å². The van der Waals surface area contributed by atoms with E-state index < -0.39 is 6.09 Å². The summed E-state index contributed by atoms with van der Waals surface area (Å²) < 4.78 is 15.0. The molecule has 2 aromatic rings. The first-order valence-corrected chi connectivity index (χ1v) is 8.38. The standard InChI is InChI=1S/C19H22FN3O2/c1-13-6-7-15(10-21-13)17-5-3-4-16(18(17)20)12-22-8-9-23(19(24)25)14(2)11-22/h3-7,10,14H,8-9,11-12H2,1-2H3,(H,24,25). The van der Waals surface area contributed by atoms with Gasteiger partial charge in [0.05, 0.1) is 0 Å². The quantitative estimate of drug-likeness (QED) is 0.928. The molecule has 25 heavy (non-hydrogen) atoms. The molecule has 0 radical (unpaired) electrons. The van der Waals surface area contributed by atoms with Crippen LogP contribution in [0.25, 0.3) is 11.1 Å². The number of hydrogen-bond donors (Lipinski definition) is 1. The summed E-state index contributed by atoms with van der Waals surface area (Å²) in [5.41, 5.74) is 2.82. The van der Waals surface area contributed by atoms with Crippen LogP contribution in [-0.4, -0.2) is 51.7 Å². The lowest BCUT2D eigenvalue weighted by atomic mass is 10.0. The highest BCUT2D eigenvalue weighted by Gasteiger charge is 2.27. The SMILES string of the molecule is Cc1ccc(-c2cccc(CN3CCN(C(=O)O)C(C)C3)c2F)cn1. The lowest BCUT2D eigenvalue weighted by molar-refractivity contribution is 0.0706. The van der Waals surface area contributed by atoms with Gasteiger partial charge in [0.15, 0.2) is 0 Å². The Morgan fingerprint density at radius 1 is 1.32 bits per heavy atom. The number of pyridine rings is 1. The second-order valence-electron chi connectivity index (χ2n) is 6.53. The zero-order chi connectivity index (χ0) is 18.0. The van der Waals surface area contributed by atoms with Crippen molar-refractivity contribution in [3.8, 4) is 11.1 Å². The summed E-state index contributed by atoms with van der Waals surface area (Å²) >= 11 is 0. The first-order chi connectivity index (χ1) is 12.0. The molecule has 1 N–H and O–H groups in total. The molecule has 1 amide bonds. The molecule has 0 saturated carbocycles. The van der Waals surface area contributed by atoms with E-state index in [0.717, 1.165) is 11.3 Å². The van der Waals surface area contributed by atoms with Gasteiger partial charge in [-0.25, -0.2) is 9.18 Å². The molecule has 1 aromatic heterocycles. The second kappa shape index (κ2) is 7.19. The topological polar surface area (TPSA) is 56.7 Å². The third kappa shape index (κ3) is 3.79. The summed E-state index contributed by atoms with van der Waals surface area (Å²) in [6.07, 6.45) is 0.790. The summed E-state index contributed by atoms with van der Waals surface area (Å²) in [6, 6.07) is 9.04. The molecule has 1 aliphatic heterocycles.